The van der Waals surface area contributed by atoms with Crippen LogP contribution in [0.3, 0.4) is 0 Å². The van der Waals surface area contributed by atoms with E-state index in [0.29, 0.717) is 17.9 Å². The average molecular weight is 335 g/mol. The van der Waals surface area contributed by atoms with E-state index in [1.165, 1.54) is 0 Å². The molecule has 3 nitrogen and oxygen atoms in total. The number of hydrogen-bond acceptors (Lipinski definition) is 3. The van der Waals surface area contributed by atoms with Gasteiger partial charge in [0.1, 0.15) is 11.5 Å². The molecule has 0 saturated heterocycles. The van der Waals surface area contributed by atoms with Gasteiger partial charge in [-0.1, -0.05) is 40.2 Å². The van der Waals surface area contributed by atoms with Crippen molar-refractivity contribution in [1.29, 1.82) is 0 Å². The molecule has 0 atom stereocenters. The van der Waals surface area contributed by atoms with Gasteiger partial charge >= 0.3 is 0 Å². The van der Waals surface area contributed by atoms with Gasteiger partial charge in [0.2, 0.25) is 5.78 Å². The minimum Gasteiger partial charge on any atom is -0.494 e. The van der Waals surface area contributed by atoms with Gasteiger partial charge in [0.25, 0.3) is 0 Å². The number of ketones is 1. The number of benzene rings is 2. The van der Waals surface area contributed by atoms with Crippen molar-refractivity contribution < 1.29 is 14.3 Å². The molecule has 2 aromatic carbocycles. The molecule has 0 radical (unpaired) electrons. The summed E-state index contributed by atoms with van der Waals surface area (Å²) in [6.07, 6.45) is 0. The minimum atomic E-state index is -0.0701. The van der Waals surface area contributed by atoms with E-state index in [9.17, 15) is 4.79 Å². The highest BCUT2D eigenvalue weighted by Gasteiger charge is 2.10. The van der Waals surface area contributed by atoms with E-state index in [1.54, 1.807) is 18.2 Å². The molecule has 0 unspecified atom stereocenters. The lowest BCUT2D eigenvalue weighted by Crippen LogP contribution is -2.12. The fourth-order valence-electron chi connectivity index (χ4n) is 1.73. The molecule has 0 bridgehead atoms. The fraction of sp³-hybridized carbons (Fsp3) is 0.188. The molecule has 0 amide bonds. The summed E-state index contributed by atoms with van der Waals surface area (Å²) in [6.45, 7) is 2.52. The van der Waals surface area contributed by atoms with Crippen LogP contribution < -0.4 is 9.47 Å². The van der Waals surface area contributed by atoms with Crippen LogP contribution in [0.1, 0.15) is 17.3 Å². The largest absolute Gasteiger partial charge is 0.494 e. The molecule has 0 aliphatic carbocycles. The molecule has 2 rings (SSSR count). The third kappa shape index (κ3) is 3.84. The predicted molar refractivity (Wildman–Crippen MR) is 81.6 cm³/mol. The van der Waals surface area contributed by atoms with Crippen LogP contribution in [0.15, 0.2) is 53.0 Å². The Bertz CT molecular complexity index is 596. The standard InChI is InChI=1S/C16H15BrO3/c1-2-19-12-6-5-7-13(10-12)20-11-16(18)14-8-3-4-9-15(14)17/h3-10H,2,11H2,1H3. The van der Waals surface area contributed by atoms with E-state index in [-0.39, 0.29) is 12.4 Å². The zero-order chi connectivity index (χ0) is 14.4. The summed E-state index contributed by atoms with van der Waals surface area (Å²) in [4.78, 5) is 12.1. The summed E-state index contributed by atoms with van der Waals surface area (Å²) in [5.74, 6) is 1.29. The zero-order valence-electron chi connectivity index (χ0n) is 11.1. The Morgan fingerprint density at radius 3 is 2.45 bits per heavy atom. The maximum atomic E-state index is 12.1. The van der Waals surface area contributed by atoms with Gasteiger partial charge in [-0.3, -0.25) is 4.79 Å². The first-order valence-corrected chi connectivity index (χ1v) is 7.13. The Hall–Kier alpha value is -1.81. The average Bonchev–Trinajstić information content (AvgIpc) is 2.46. The number of hydrogen-bond donors (Lipinski definition) is 0. The van der Waals surface area contributed by atoms with Gasteiger partial charge in [0.05, 0.1) is 6.61 Å². The molecule has 4 heteroatoms. The van der Waals surface area contributed by atoms with Gasteiger partial charge in [-0.2, -0.15) is 0 Å². The van der Waals surface area contributed by atoms with Crippen LogP contribution in [-0.4, -0.2) is 19.0 Å². The van der Waals surface area contributed by atoms with Crippen molar-refractivity contribution >= 4 is 21.7 Å². The molecule has 20 heavy (non-hydrogen) atoms. The molecule has 104 valence electrons. The lowest BCUT2D eigenvalue weighted by atomic mass is 10.1. The summed E-state index contributed by atoms with van der Waals surface area (Å²) < 4.78 is 11.7. The lowest BCUT2D eigenvalue weighted by Gasteiger charge is -2.08. The molecular weight excluding hydrogens is 320 g/mol. The molecule has 0 heterocycles. The Labute approximate surface area is 126 Å². The number of carbonyl (C=O) groups is 1. The van der Waals surface area contributed by atoms with Crippen molar-refractivity contribution in [3.63, 3.8) is 0 Å². The molecule has 0 N–H and O–H groups in total. The Morgan fingerprint density at radius 1 is 1.05 bits per heavy atom. The minimum absolute atomic E-state index is 0.00179. The molecule has 0 fully saturated rings. The van der Waals surface area contributed by atoms with Gasteiger partial charge in [-0.15, -0.1) is 0 Å². The number of halogens is 1. The molecule has 0 spiro atoms. The number of ether oxygens (including phenoxy) is 2. The summed E-state index contributed by atoms with van der Waals surface area (Å²) >= 11 is 3.36. The fourth-order valence-corrected chi connectivity index (χ4v) is 2.24. The Balaban J connectivity index is 2.00. The molecule has 2 aromatic rings. The van der Waals surface area contributed by atoms with Crippen LogP contribution in [0.25, 0.3) is 0 Å². The van der Waals surface area contributed by atoms with Crippen molar-refractivity contribution in [2.45, 2.75) is 6.92 Å². The zero-order valence-corrected chi connectivity index (χ0v) is 12.7. The Kier molecular flexibility index (Phi) is 5.18. The lowest BCUT2D eigenvalue weighted by molar-refractivity contribution is 0.0920. The highest BCUT2D eigenvalue weighted by atomic mass is 79.9. The first-order valence-electron chi connectivity index (χ1n) is 6.34. The van der Waals surface area contributed by atoms with Crippen LogP contribution in [-0.2, 0) is 0 Å². The van der Waals surface area contributed by atoms with Gasteiger partial charge < -0.3 is 9.47 Å². The molecule has 0 saturated carbocycles. The van der Waals surface area contributed by atoms with Gasteiger partial charge in [-0.25, -0.2) is 0 Å². The van der Waals surface area contributed by atoms with E-state index in [0.717, 1.165) is 10.2 Å². The topological polar surface area (TPSA) is 35.5 Å². The maximum Gasteiger partial charge on any atom is 0.201 e. The second kappa shape index (κ2) is 7.10. The van der Waals surface area contributed by atoms with Crippen LogP contribution in [0.4, 0.5) is 0 Å². The first kappa shape index (κ1) is 14.6. The maximum absolute atomic E-state index is 12.1. The van der Waals surface area contributed by atoms with E-state index in [2.05, 4.69) is 15.9 Å². The van der Waals surface area contributed by atoms with Crippen molar-refractivity contribution in [1.82, 2.24) is 0 Å². The highest BCUT2D eigenvalue weighted by molar-refractivity contribution is 9.10. The summed E-state index contributed by atoms with van der Waals surface area (Å²) in [5, 5.41) is 0. The smallest absolute Gasteiger partial charge is 0.201 e. The third-order valence-corrected chi connectivity index (χ3v) is 3.35. The second-order valence-electron chi connectivity index (χ2n) is 4.10. The highest BCUT2D eigenvalue weighted by Crippen LogP contribution is 2.20. The number of Topliss-reactive ketones (excluding diaryl/α,β-unsaturated/α-hetero) is 1. The normalized spacial score (nSPS) is 10.1. The van der Waals surface area contributed by atoms with Crippen molar-refractivity contribution in [3.05, 3.63) is 58.6 Å². The van der Waals surface area contributed by atoms with Gasteiger partial charge in [0, 0.05) is 16.1 Å². The third-order valence-electron chi connectivity index (χ3n) is 2.66. The van der Waals surface area contributed by atoms with Gasteiger partial charge in [0.15, 0.2) is 6.61 Å². The number of rotatable bonds is 6. The summed E-state index contributed by atoms with van der Waals surface area (Å²) in [5.41, 5.74) is 0.619. The molecule has 0 aromatic heterocycles. The number of carbonyl (C=O) groups excluding carboxylic acids is 1. The van der Waals surface area contributed by atoms with Crippen molar-refractivity contribution in [3.8, 4) is 11.5 Å². The molecule has 0 aliphatic heterocycles. The second-order valence-corrected chi connectivity index (χ2v) is 4.95. The van der Waals surface area contributed by atoms with Crippen LogP contribution in [0.5, 0.6) is 11.5 Å². The predicted octanol–water partition coefficient (Wildman–Crippen LogP) is 4.11. The van der Waals surface area contributed by atoms with Crippen molar-refractivity contribution in [2.75, 3.05) is 13.2 Å². The van der Waals surface area contributed by atoms with E-state index < -0.39 is 0 Å². The van der Waals surface area contributed by atoms with Crippen LogP contribution >= 0.6 is 15.9 Å². The first-order chi connectivity index (χ1) is 9.70. The monoisotopic (exact) mass is 334 g/mol. The van der Waals surface area contributed by atoms with E-state index >= 15 is 0 Å². The summed E-state index contributed by atoms with van der Waals surface area (Å²) in [6, 6.07) is 14.6. The SMILES string of the molecule is CCOc1cccc(OCC(=O)c2ccccc2Br)c1. The van der Waals surface area contributed by atoms with Crippen LogP contribution in [0, 0.1) is 0 Å². The van der Waals surface area contributed by atoms with E-state index in [1.807, 2.05) is 37.3 Å². The van der Waals surface area contributed by atoms with Gasteiger partial charge in [-0.05, 0) is 25.1 Å². The molecular formula is C16H15BrO3. The summed E-state index contributed by atoms with van der Waals surface area (Å²) in [7, 11) is 0. The molecule has 0 aliphatic rings. The van der Waals surface area contributed by atoms with Crippen molar-refractivity contribution in [2.24, 2.45) is 0 Å². The van der Waals surface area contributed by atoms with Crippen LogP contribution in [0.2, 0.25) is 0 Å². The van der Waals surface area contributed by atoms with E-state index in [4.69, 9.17) is 9.47 Å². The Morgan fingerprint density at radius 2 is 1.75 bits per heavy atom. The quantitative estimate of drug-likeness (QED) is 0.746.